The standard InChI is InChI=1S/C10H9Cl3FNO2S/c1-6-3-4-7(5-8(6)11)15(9(16)17-2)18-10(12,13)14/h3-5H,1-2H3. The quantitative estimate of drug-likeness (QED) is 0.581. The van der Waals surface area contributed by atoms with Gasteiger partial charge in [-0.3, -0.25) is 0 Å². The maximum atomic E-state index is 13.2. The van der Waals surface area contributed by atoms with E-state index in [9.17, 15) is 9.18 Å². The highest BCUT2D eigenvalue weighted by Crippen LogP contribution is 2.41. The van der Waals surface area contributed by atoms with Crippen LogP contribution in [-0.2, 0) is 4.74 Å². The Morgan fingerprint density at radius 3 is 2.56 bits per heavy atom. The van der Waals surface area contributed by atoms with E-state index in [1.165, 1.54) is 6.07 Å². The molecule has 0 N–H and O–H groups in total. The summed E-state index contributed by atoms with van der Waals surface area (Å²) in [5.41, 5.74) is 1.13. The van der Waals surface area contributed by atoms with Crippen LogP contribution in [-0.4, -0.2) is 17.1 Å². The van der Waals surface area contributed by atoms with Crippen molar-refractivity contribution in [3.05, 3.63) is 28.8 Å². The maximum absolute atomic E-state index is 13.2. The van der Waals surface area contributed by atoms with E-state index < -0.39 is 10.0 Å². The predicted molar refractivity (Wildman–Crippen MR) is 74.2 cm³/mol. The summed E-state index contributed by atoms with van der Waals surface area (Å²) in [6, 6.07) is 4.74. The third kappa shape index (κ3) is 4.39. The summed E-state index contributed by atoms with van der Waals surface area (Å²) >= 11 is 16.7. The molecule has 0 fully saturated rings. The molecular weight excluding hydrogens is 324 g/mol. The lowest BCUT2D eigenvalue weighted by molar-refractivity contribution is 0.183. The van der Waals surface area contributed by atoms with Crippen molar-refractivity contribution in [1.82, 2.24) is 0 Å². The molecule has 3 nitrogen and oxygen atoms in total. The number of hydrogen-bond acceptors (Lipinski definition) is 3. The lowest BCUT2D eigenvalue weighted by Crippen LogP contribution is -2.27. The Hall–Kier alpha value is -0.360. The summed E-state index contributed by atoms with van der Waals surface area (Å²) in [5, 5.41) is 0.426. The second-order valence-corrected chi connectivity index (χ2v) is 6.44. The highest BCUT2D eigenvalue weighted by molar-refractivity contribution is 8.04. The molecular formula is C10H9Cl3FNO2S. The fraction of sp³-hybridized carbons (Fsp3) is 0.300. The number of methoxy groups -OCH3 is 1. The van der Waals surface area contributed by atoms with Crippen molar-refractivity contribution in [2.75, 3.05) is 11.4 Å². The zero-order chi connectivity index (χ0) is 13.9. The molecule has 0 aromatic heterocycles. The third-order valence-electron chi connectivity index (χ3n) is 1.93. The SMILES string of the molecule is COC(=O)N(SC(F)(Cl)Cl)c1ccc(C)c(Cl)c1. The number of amides is 1. The minimum absolute atomic E-state index is 0.267. The van der Waals surface area contributed by atoms with Crippen LogP contribution < -0.4 is 4.31 Å². The van der Waals surface area contributed by atoms with E-state index in [-0.39, 0.29) is 11.9 Å². The van der Waals surface area contributed by atoms with Gasteiger partial charge in [0.2, 0.25) is 0 Å². The lowest BCUT2D eigenvalue weighted by atomic mass is 10.2. The van der Waals surface area contributed by atoms with E-state index >= 15 is 0 Å². The molecule has 1 aromatic rings. The van der Waals surface area contributed by atoms with Gasteiger partial charge in [-0.1, -0.05) is 40.9 Å². The van der Waals surface area contributed by atoms with E-state index in [0.717, 1.165) is 17.0 Å². The molecule has 0 unspecified atom stereocenters. The third-order valence-corrected chi connectivity index (χ3v) is 3.50. The number of carbonyl (C=O) groups is 1. The van der Waals surface area contributed by atoms with Gasteiger partial charge in [0.1, 0.15) is 0 Å². The van der Waals surface area contributed by atoms with E-state index in [0.29, 0.717) is 10.7 Å². The molecule has 0 aliphatic carbocycles. The highest BCUT2D eigenvalue weighted by atomic mass is 35.5. The molecule has 0 radical (unpaired) electrons. The second kappa shape index (κ2) is 6.19. The number of ether oxygens (including phenoxy) is 1. The Labute approximate surface area is 123 Å². The fourth-order valence-corrected chi connectivity index (χ4v) is 2.25. The van der Waals surface area contributed by atoms with Crippen LogP contribution in [0.25, 0.3) is 0 Å². The minimum Gasteiger partial charge on any atom is -0.452 e. The van der Waals surface area contributed by atoms with Crippen molar-refractivity contribution in [3.63, 3.8) is 0 Å². The van der Waals surface area contributed by atoms with E-state index in [4.69, 9.17) is 34.8 Å². The first-order valence-corrected chi connectivity index (χ1v) is 6.55. The van der Waals surface area contributed by atoms with Gasteiger partial charge in [-0.2, -0.15) is 4.39 Å². The molecule has 1 aromatic carbocycles. The zero-order valence-corrected chi connectivity index (χ0v) is 12.5. The Kier molecular flexibility index (Phi) is 5.40. The molecule has 0 aliphatic rings. The zero-order valence-electron chi connectivity index (χ0n) is 9.42. The van der Waals surface area contributed by atoms with Gasteiger partial charge in [0.15, 0.2) is 0 Å². The van der Waals surface area contributed by atoms with Crippen LogP contribution in [0.3, 0.4) is 0 Å². The maximum Gasteiger partial charge on any atom is 0.424 e. The number of rotatable bonds is 3. The van der Waals surface area contributed by atoms with E-state index in [2.05, 4.69) is 4.74 Å². The van der Waals surface area contributed by atoms with Gasteiger partial charge < -0.3 is 4.74 Å². The Morgan fingerprint density at radius 2 is 2.11 bits per heavy atom. The number of hydrogen-bond donors (Lipinski definition) is 0. The van der Waals surface area contributed by atoms with Gasteiger partial charge in [0.25, 0.3) is 0 Å². The number of anilines is 1. The summed E-state index contributed by atoms with van der Waals surface area (Å²) in [6.07, 6.45) is -0.816. The van der Waals surface area contributed by atoms with Crippen LogP contribution in [0.1, 0.15) is 5.56 Å². The van der Waals surface area contributed by atoms with Crippen LogP contribution in [0, 0.1) is 6.92 Å². The van der Waals surface area contributed by atoms with Crippen LogP contribution in [0.4, 0.5) is 14.9 Å². The second-order valence-electron chi connectivity index (χ2n) is 3.23. The van der Waals surface area contributed by atoms with Crippen molar-refractivity contribution in [3.8, 4) is 0 Å². The van der Waals surface area contributed by atoms with Gasteiger partial charge >= 0.3 is 10.0 Å². The lowest BCUT2D eigenvalue weighted by Gasteiger charge is -2.22. The number of benzene rings is 1. The molecule has 100 valence electrons. The van der Waals surface area contributed by atoms with Crippen molar-refractivity contribution in [1.29, 1.82) is 0 Å². The van der Waals surface area contributed by atoms with Gasteiger partial charge in [0, 0.05) is 17.0 Å². The van der Waals surface area contributed by atoms with E-state index in [1.54, 1.807) is 19.1 Å². The first kappa shape index (κ1) is 15.7. The van der Waals surface area contributed by atoms with Crippen LogP contribution in [0.5, 0.6) is 0 Å². The van der Waals surface area contributed by atoms with Gasteiger partial charge in [-0.05, 0) is 24.6 Å². The molecule has 18 heavy (non-hydrogen) atoms. The Balaban J connectivity index is 3.09. The topological polar surface area (TPSA) is 29.5 Å². The van der Waals surface area contributed by atoms with Crippen molar-refractivity contribution < 1.29 is 13.9 Å². The minimum atomic E-state index is -2.66. The van der Waals surface area contributed by atoms with Crippen LogP contribution in [0.15, 0.2) is 18.2 Å². The molecule has 0 heterocycles. The predicted octanol–water partition coefficient (Wildman–Crippen LogP) is 4.93. The molecule has 0 bridgehead atoms. The molecule has 0 spiro atoms. The summed E-state index contributed by atoms with van der Waals surface area (Å²) in [4.78, 5) is 11.5. The average Bonchev–Trinajstić information content (AvgIpc) is 2.27. The molecule has 0 atom stereocenters. The monoisotopic (exact) mass is 331 g/mol. The number of carbonyl (C=O) groups excluding carboxylic acids is 1. The first-order valence-electron chi connectivity index (χ1n) is 4.64. The Morgan fingerprint density at radius 1 is 1.50 bits per heavy atom. The summed E-state index contributed by atoms with van der Waals surface area (Å²) in [6.45, 7) is 1.80. The number of halogens is 4. The first-order chi connectivity index (χ1) is 8.24. The van der Waals surface area contributed by atoms with Crippen molar-refractivity contribution in [2.24, 2.45) is 0 Å². The molecule has 8 heteroatoms. The largest absolute Gasteiger partial charge is 0.452 e. The Bertz CT molecular complexity index is 453. The van der Waals surface area contributed by atoms with Gasteiger partial charge in [0.05, 0.1) is 12.8 Å². The highest BCUT2D eigenvalue weighted by Gasteiger charge is 2.32. The molecule has 0 saturated heterocycles. The number of aryl methyl sites for hydroxylation is 1. The van der Waals surface area contributed by atoms with Crippen LogP contribution in [0.2, 0.25) is 5.02 Å². The number of alkyl halides is 3. The average molecular weight is 333 g/mol. The summed E-state index contributed by atoms with van der Waals surface area (Å²) < 4.78 is 16.0. The van der Waals surface area contributed by atoms with Crippen LogP contribution >= 0.6 is 46.8 Å². The summed E-state index contributed by atoms with van der Waals surface area (Å²) in [5.74, 6) is 0. The van der Waals surface area contributed by atoms with Gasteiger partial charge in [-0.25, -0.2) is 9.10 Å². The number of nitrogens with zero attached hydrogens (tertiary/aromatic N) is 1. The van der Waals surface area contributed by atoms with E-state index in [1.807, 2.05) is 0 Å². The molecule has 0 saturated carbocycles. The molecule has 1 rings (SSSR count). The van der Waals surface area contributed by atoms with Crippen molar-refractivity contribution in [2.45, 2.75) is 10.8 Å². The molecule has 0 aliphatic heterocycles. The van der Waals surface area contributed by atoms with Crippen molar-refractivity contribution >= 4 is 58.5 Å². The fourth-order valence-electron chi connectivity index (χ4n) is 1.09. The smallest absolute Gasteiger partial charge is 0.424 e. The molecule has 1 amide bonds. The summed E-state index contributed by atoms with van der Waals surface area (Å²) in [7, 11) is 1.16. The normalized spacial score (nSPS) is 11.2. The van der Waals surface area contributed by atoms with Gasteiger partial charge in [-0.15, -0.1) is 0 Å².